The molecule has 1 atom stereocenters. The third-order valence-corrected chi connectivity index (χ3v) is 6.49. The van der Waals surface area contributed by atoms with E-state index in [0.29, 0.717) is 37.7 Å². The van der Waals surface area contributed by atoms with Crippen molar-refractivity contribution in [2.75, 3.05) is 6.61 Å². The number of thiazole rings is 1. The van der Waals surface area contributed by atoms with Gasteiger partial charge in [-0.25, -0.2) is 9.79 Å². The molecule has 1 aliphatic rings. The topological polar surface area (TPSA) is 96.2 Å². The molecular formula is C28H28N2O6S. The standard InChI is InChI=1S/C28H28N2O6S/c1-6-34-27(33)24-17(4)29-28-30(25(24)20-10-12-21(13-11-20)35-16(2)3)26(32)23(37-28)15-19-8-7-9-22(14-19)36-18(5)31/h7-16,25H,6H2,1-5H3/b23-15-/t25-/m0/s1. The molecule has 0 saturated carbocycles. The smallest absolute Gasteiger partial charge is 0.338 e. The van der Waals surface area contributed by atoms with E-state index in [9.17, 15) is 14.4 Å². The van der Waals surface area contributed by atoms with E-state index >= 15 is 0 Å². The van der Waals surface area contributed by atoms with Gasteiger partial charge in [-0.1, -0.05) is 35.6 Å². The zero-order chi connectivity index (χ0) is 26.7. The minimum atomic E-state index is -0.710. The first-order valence-electron chi connectivity index (χ1n) is 11.9. The maximum Gasteiger partial charge on any atom is 0.338 e. The minimum absolute atomic E-state index is 0.0140. The second-order valence-electron chi connectivity index (χ2n) is 8.70. The van der Waals surface area contributed by atoms with Crippen LogP contribution in [-0.4, -0.2) is 29.2 Å². The van der Waals surface area contributed by atoms with Crippen molar-refractivity contribution in [3.63, 3.8) is 0 Å². The number of ether oxygens (including phenoxy) is 3. The predicted octanol–water partition coefficient (Wildman–Crippen LogP) is 3.51. The Labute approximate surface area is 218 Å². The lowest BCUT2D eigenvalue weighted by molar-refractivity contribution is -0.139. The molecule has 1 aromatic heterocycles. The number of allylic oxidation sites excluding steroid dienone is 1. The fourth-order valence-corrected chi connectivity index (χ4v) is 5.14. The van der Waals surface area contributed by atoms with Gasteiger partial charge in [0, 0.05) is 6.92 Å². The summed E-state index contributed by atoms with van der Waals surface area (Å²) in [7, 11) is 0. The monoisotopic (exact) mass is 520 g/mol. The lowest BCUT2D eigenvalue weighted by Gasteiger charge is -2.25. The van der Waals surface area contributed by atoms with E-state index in [0.717, 1.165) is 5.56 Å². The highest BCUT2D eigenvalue weighted by molar-refractivity contribution is 7.07. The van der Waals surface area contributed by atoms with Crippen molar-refractivity contribution in [2.45, 2.75) is 46.8 Å². The average Bonchev–Trinajstić information content (AvgIpc) is 3.12. The molecular weight excluding hydrogens is 492 g/mol. The molecule has 1 aliphatic heterocycles. The fraction of sp³-hybridized carbons (Fsp3) is 0.286. The molecule has 4 rings (SSSR count). The van der Waals surface area contributed by atoms with Crippen LogP contribution in [0, 0.1) is 0 Å². The molecule has 0 spiro atoms. The van der Waals surface area contributed by atoms with Gasteiger partial charge < -0.3 is 14.2 Å². The molecule has 0 bridgehead atoms. The molecule has 9 heteroatoms. The van der Waals surface area contributed by atoms with Crippen LogP contribution in [0.3, 0.4) is 0 Å². The van der Waals surface area contributed by atoms with Crippen LogP contribution in [-0.2, 0) is 14.3 Å². The van der Waals surface area contributed by atoms with Crippen molar-refractivity contribution in [1.29, 1.82) is 0 Å². The molecule has 0 aliphatic carbocycles. The number of hydrogen-bond donors (Lipinski definition) is 0. The number of esters is 2. The van der Waals surface area contributed by atoms with E-state index in [4.69, 9.17) is 14.2 Å². The maximum absolute atomic E-state index is 13.7. The van der Waals surface area contributed by atoms with Gasteiger partial charge in [0.05, 0.1) is 34.6 Å². The van der Waals surface area contributed by atoms with Crippen molar-refractivity contribution in [2.24, 2.45) is 4.99 Å². The van der Waals surface area contributed by atoms with Gasteiger partial charge in [0.15, 0.2) is 4.80 Å². The molecule has 3 aromatic rings. The van der Waals surface area contributed by atoms with Crippen LogP contribution in [0.15, 0.2) is 69.6 Å². The highest BCUT2D eigenvalue weighted by Crippen LogP contribution is 2.31. The summed E-state index contributed by atoms with van der Waals surface area (Å²) in [5, 5.41) is 0. The van der Waals surface area contributed by atoms with Gasteiger partial charge in [0.25, 0.3) is 5.56 Å². The summed E-state index contributed by atoms with van der Waals surface area (Å²) in [6.45, 7) is 8.90. The first kappa shape index (κ1) is 26.1. The van der Waals surface area contributed by atoms with Crippen LogP contribution in [0.5, 0.6) is 11.5 Å². The summed E-state index contributed by atoms with van der Waals surface area (Å²) in [6, 6.07) is 13.5. The lowest BCUT2D eigenvalue weighted by atomic mass is 9.96. The second kappa shape index (κ2) is 11.0. The number of hydrogen-bond acceptors (Lipinski definition) is 8. The Balaban J connectivity index is 1.86. The Morgan fingerprint density at radius 2 is 1.86 bits per heavy atom. The van der Waals surface area contributed by atoms with Crippen LogP contribution < -0.4 is 24.4 Å². The predicted molar refractivity (Wildman–Crippen MR) is 140 cm³/mol. The van der Waals surface area contributed by atoms with Gasteiger partial charge in [0.1, 0.15) is 11.5 Å². The SMILES string of the molecule is CCOC(=O)C1=C(C)N=c2s/c(=C\c3cccc(OC(C)=O)c3)c(=O)n2[C@H]1c1ccc(OC(C)C)cc1. The number of rotatable bonds is 7. The van der Waals surface area contributed by atoms with Gasteiger partial charge in [-0.05, 0) is 69.2 Å². The maximum atomic E-state index is 13.7. The van der Waals surface area contributed by atoms with Crippen molar-refractivity contribution < 1.29 is 23.8 Å². The number of carbonyl (C=O) groups is 2. The molecule has 8 nitrogen and oxygen atoms in total. The fourth-order valence-electron chi connectivity index (χ4n) is 4.09. The van der Waals surface area contributed by atoms with Gasteiger partial charge in [-0.2, -0.15) is 0 Å². The van der Waals surface area contributed by atoms with E-state index in [1.54, 1.807) is 38.1 Å². The largest absolute Gasteiger partial charge is 0.491 e. The molecule has 0 unspecified atom stereocenters. The zero-order valence-electron chi connectivity index (χ0n) is 21.3. The van der Waals surface area contributed by atoms with Gasteiger partial charge >= 0.3 is 11.9 Å². The minimum Gasteiger partial charge on any atom is -0.491 e. The van der Waals surface area contributed by atoms with Crippen molar-refractivity contribution in [1.82, 2.24) is 4.57 Å². The van der Waals surface area contributed by atoms with Crippen LogP contribution in [0.4, 0.5) is 0 Å². The number of benzene rings is 2. The summed E-state index contributed by atoms with van der Waals surface area (Å²) < 4.78 is 18.2. The van der Waals surface area contributed by atoms with Crippen LogP contribution in [0.1, 0.15) is 51.8 Å². The zero-order valence-corrected chi connectivity index (χ0v) is 22.1. The lowest BCUT2D eigenvalue weighted by Crippen LogP contribution is -2.39. The van der Waals surface area contributed by atoms with Crippen LogP contribution in [0.25, 0.3) is 6.08 Å². The van der Waals surface area contributed by atoms with Gasteiger partial charge in [-0.3, -0.25) is 14.2 Å². The Bertz CT molecular complexity index is 1550. The summed E-state index contributed by atoms with van der Waals surface area (Å²) in [4.78, 5) is 43.1. The first-order chi connectivity index (χ1) is 17.7. The second-order valence-corrected chi connectivity index (χ2v) is 9.71. The quantitative estimate of drug-likeness (QED) is 0.350. The molecule has 0 amide bonds. The highest BCUT2D eigenvalue weighted by Gasteiger charge is 2.33. The molecule has 37 heavy (non-hydrogen) atoms. The third-order valence-electron chi connectivity index (χ3n) is 5.50. The normalized spacial score (nSPS) is 15.3. The van der Waals surface area contributed by atoms with Gasteiger partial charge in [0.2, 0.25) is 0 Å². The van der Waals surface area contributed by atoms with E-state index in [1.165, 1.54) is 22.8 Å². The molecule has 0 fully saturated rings. The highest BCUT2D eigenvalue weighted by atomic mass is 32.1. The Morgan fingerprint density at radius 3 is 2.51 bits per heavy atom. The van der Waals surface area contributed by atoms with E-state index in [1.807, 2.05) is 44.2 Å². The first-order valence-corrected chi connectivity index (χ1v) is 12.7. The summed E-state index contributed by atoms with van der Waals surface area (Å²) in [5.74, 6) is 0.135. The Hall–Kier alpha value is -3.98. The van der Waals surface area contributed by atoms with Crippen molar-refractivity contribution in [3.8, 4) is 11.5 Å². The number of carbonyl (C=O) groups excluding carboxylic acids is 2. The molecule has 2 aromatic carbocycles. The third kappa shape index (κ3) is 5.72. The molecule has 0 saturated heterocycles. The summed E-state index contributed by atoms with van der Waals surface area (Å²) in [5.41, 5.74) is 1.95. The summed E-state index contributed by atoms with van der Waals surface area (Å²) >= 11 is 1.23. The van der Waals surface area contributed by atoms with Crippen LogP contribution >= 0.6 is 11.3 Å². The van der Waals surface area contributed by atoms with Crippen LogP contribution in [0.2, 0.25) is 0 Å². The molecule has 0 N–H and O–H groups in total. The van der Waals surface area contributed by atoms with E-state index in [-0.39, 0.29) is 18.3 Å². The van der Waals surface area contributed by atoms with Crippen molar-refractivity contribution in [3.05, 3.63) is 90.6 Å². The molecule has 192 valence electrons. The Morgan fingerprint density at radius 1 is 1.14 bits per heavy atom. The molecule has 2 heterocycles. The Kier molecular flexibility index (Phi) is 7.73. The number of fused-ring (bicyclic) bond motifs is 1. The average molecular weight is 521 g/mol. The van der Waals surface area contributed by atoms with Gasteiger partial charge in [-0.15, -0.1) is 0 Å². The number of aromatic nitrogens is 1. The summed E-state index contributed by atoms with van der Waals surface area (Å²) in [6.07, 6.45) is 1.73. The van der Waals surface area contributed by atoms with E-state index < -0.39 is 18.0 Å². The number of nitrogens with zero attached hydrogens (tertiary/aromatic N) is 2. The van der Waals surface area contributed by atoms with E-state index in [2.05, 4.69) is 4.99 Å². The molecule has 0 radical (unpaired) electrons. The van der Waals surface area contributed by atoms with Crippen molar-refractivity contribution >= 4 is 29.4 Å².